The normalized spacial score (nSPS) is 13.9. The lowest BCUT2D eigenvalue weighted by Crippen LogP contribution is -2.30. The third-order valence-corrected chi connectivity index (χ3v) is 4.17. The van der Waals surface area contributed by atoms with Gasteiger partial charge in [0.15, 0.2) is 0 Å². The molecule has 0 bridgehead atoms. The average Bonchev–Trinajstić information content (AvgIpc) is 3.01. The van der Waals surface area contributed by atoms with Crippen molar-refractivity contribution in [3.05, 3.63) is 64.9 Å². The summed E-state index contributed by atoms with van der Waals surface area (Å²) in [7, 11) is 0. The van der Waals surface area contributed by atoms with Crippen molar-refractivity contribution in [2.24, 2.45) is 0 Å². The molecule has 116 valence electrons. The highest BCUT2D eigenvalue weighted by molar-refractivity contribution is 6.31. The molecule has 1 aromatic carbocycles. The maximum atomic E-state index is 13.3. The number of halogens is 2. The monoisotopic (exact) mass is 329 g/mol. The summed E-state index contributed by atoms with van der Waals surface area (Å²) < 4.78 is 19.1. The molecule has 0 radical (unpaired) electrons. The summed E-state index contributed by atoms with van der Waals surface area (Å²) in [6.45, 7) is 1.37. The summed E-state index contributed by atoms with van der Waals surface area (Å²) in [5.41, 5.74) is 2.49. The maximum Gasteiger partial charge on any atom is 0.245 e. The van der Waals surface area contributed by atoms with E-state index in [0.717, 1.165) is 35.8 Å². The van der Waals surface area contributed by atoms with Crippen LogP contribution in [0.1, 0.15) is 11.5 Å². The fourth-order valence-electron chi connectivity index (χ4n) is 2.70. The summed E-state index contributed by atoms with van der Waals surface area (Å²) in [5, 5.41) is 0.127. The van der Waals surface area contributed by atoms with Crippen molar-refractivity contribution in [3.8, 4) is 11.6 Å². The number of aromatic nitrogens is 2. The molecule has 0 N–H and O–H groups in total. The molecule has 3 aromatic rings. The molecule has 6 heteroatoms. The van der Waals surface area contributed by atoms with Crippen LogP contribution in [0.25, 0.3) is 11.6 Å². The molecular weight excluding hydrogens is 317 g/mol. The fraction of sp³-hybridized carbons (Fsp3) is 0.176. The first kappa shape index (κ1) is 14.2. The molecule has 0 atom stereocenters. The first-order valence-corrected chi connectivity index (χ1v) is 7.68. The minimum absolute atomic E-state index is 0.127. The number of oxazole rings is 1. The molecule has 1 aliphatic heterocycles. The van der Waals surface area contributed by atoms with Crippen LogP contribution in [-0.4, -0.2) is 16.5 Å². The van der Waals surface area contributed by atoms with Gasteiger partial charge in [0, 0.05) is 24.8 Å². The van der Waals surface area contributed by atoms with Crippen LogP contribution >= 0.6 is 11.6 Å². The van der Waals surface area contributed by atoms with Crippen LogP contribution in [0, 0.1) is 5.82 Å². The van der Waals surface area contributed by atoms with Gasteiger partial charge >= 0.3 is 0 Å². The Morgan fingerprint density at radius 2 is 2.13 bits per heavy atom. The Labute approximate surface area is 137 Å². The van der Waals surface area contributed by atoms with Gasteiger partial charge in [0.1, 0.15) is 23.0 Å². The van der Waals surface area contributed by atoms with E-state index >= 15 is 0 Å². The number of rotatable bonds is 2. The largest absolute Gasteiger partial charge is 0.439 e. The van der Waals surface area contributed by atoms with Crippen molar-refractivity contribution in [2.45, 2.75) is 13.0 Å². The molecule has 23 heavy (non-hydrogen) atoms. The third kappa shape index (κ3) is 2.68. The second-order valence-electron chi connectivity index (χ2n) is 5.37. The Kier molecular flexibility index (Phi) is 3.50. The summed E-state index contributed by atoms with van der Waals surface area (Å²) in [5.74, 6) is 1.01. The highest BCUT2D eigenvalue weighted by Gasteiger charge is 2.23. The molecular formula is C17H13ClFN3O. The van der Waals surface area contributed by atoms with Crippen molar-refractivity contribution in [3.63, 3.8) is 0 Å². The van der Waals surface area contributed by atoms with E-state index in [-0.39, 0.29) is 5.02 Å². The number of hydrogen-bond donors (Lipinski definition) is 0. The zero-order valence-electron chi connectivity index (χ0n) is 12.2. The Bertz CT molecular complexity index is 850. The van der Waals surface area contributed by atoms with Crippen LogP contribution in [0.15, 0.2) is 47.0 Å². The molecule has 4 rings (SSSR count). The number of benzene rings is 1. The van der Waals surface area contributed by atoms with Gasteiger partial charge in [0.25, 0.3) is 0 Å². The first-order chi connectivity index (χ1) is 11.2. The fourth-order valence-corrected chi connectivity index (χ4v) is 2.87. The van der Waals surface area contributed by atoms with E-state index in [0.29, 0.717) is 12.4 Å². The second-order valence-corrected chi connectivity index (χ2v) is 5.78. The van der Waals surface area contributed by atoms with Crippen LogP contribution in [0.3, 0.4) is 0 Å². The van der Waals surface area contributed by atoms with E-state index < -0.39 is 5.82 Å². The average molecular weight is 330 g/mol. The molecule has 0 saturated carbocycles. The predicted molar refractivity (Wildman–Crippen MR) is 85.9 cm³/mol. The van der Waals surface area contributed by atoms with E-state index in [1.54, 1.807) is 18.3 Å². The van der Waals surface area contributed by atoms with Gasteiger partial charge in [-0.05, 0) is 30.3 Å². The minimum atomic E-state index is -0.410. The van der Waals surface area contributed by atoms with Crippen LogP contribution < -0.4 is 4.90 Å². The van der Waals surface area contributed by atoms with Gasteiger partial charge in [-0.3, -0.25) is 4.98 Å². The minimum Gasteiger partial charge on any atom is -0.439 e. The number of pyridine rings is 1. The molecule has 1 aliphatic rings. The van der Waals surface area contributed by atoms with Crippen LogP contribution in [0.5, 0.6) is 0 Å². The molecule has 0 amide bonds. The highest BCUT2D eigenvalue weighted by Crippen LogP contribution is 2.29. The van der Waals surface area contributed by atoms with E-state index in [9.17, 15) is 4.39 Å². The number of fused-ring (bicyclic) bond motifs is 1. The summed E-state index contributed by atoms with van der Waals surface area (Å²) >= 11 is 5.87. The van der Waals surface area contributed by atoms with E-state index in [1.807, 2.05) is 18.2 Å². The molecule has 4 nitrogen and oxygen atoms in total. The lowest BCUT2D eigenvalue weighted by molar-refractivity contribution is 0.498. The predicted octanol–water partition coefficient (Wildman–Crippen LogP) is 4.09. The lowest BCUT2D eigenvalue weighted by atomic mass is 10.1. The van der Waals surface area contributed by atoms with Gasteiger partial charge in [-0.1, -0.05) is 17.7 Å². The zero-order valence-corrected chi connectivity index (χ0v) is 12.9. The maximum absolute atomic E-state index is 13.3. The molecule has 0 spiro atoms. The van der Waals surface area contributed by atoms with Crippen molar-refractivity contribution in [1.29, 1.82) is 0 Å². The van der Waals surface area contributed by atoms with Crippen molar-refractivity contribution in [2.75, 3.05) is 11.4 Å². The van der Waals surface area contributed by atoms with Gasteiger partial charge in [-0.25, -0.2) is 9.37 Å². The zero-order chi connectivity index (χ0) is 15.8. The quantitative estimate of drug-likeness (QED) is 0.710. The first-order valence-electron chi connectivity index (χ1n) is 7.31. The Morgan fingerprint density at radius 1 is 1.22 bits per heavy atom. The van der Waals surface area contributed by atoms with E-state index in [4.69, 9.17) is 16.0 Å². The Morgan fingerprint density at radius 3 is 2.91 bits per heavy atom. The molecule has 0 unspecified atom stereocenters. The van der Waals surface area contributed by atoms with Crippen LogP contribution in [0.2, 0.25) is 5.02 Å². The summed E-state index contributed by atoms with van der Waals surface area (Å²) in [6, 6.07) is 10.4. The highest BCUT2D eigenvalue weighted by atomic mass is 35.5. The van der Waals surface area contributed by atoms with Crippen molar-refractivity contribution in [1.82, 2.24) is 9.97 Å². The lowest BCUT2D eigenvalue weighted by Gasteiger charge is -2.27. The third-order valence-electron chi connectivity index (χ3n) is 3.88. The van der Waals surface area contributed by atoms with Gasteiger partial charge in [0.05, 0.1) is 11.6 Å². The standard InChI is InChI=1S/C17H13ClFN3O/c18-12-9-11(4-5-13(12)19)22-8-6-16-15(10-22)21-17(23-16)14-3-1-2-7-20-14/h1-5,7,9H,6,8,10H2. The molecule has 2 aromatic heterocycles. The smallest absolute Gasteiger partial charge is 0.245 e. The molecule has 3 heterocycles. The van der Waals surface area contributed by atoms with E-state index in [1.165, 1.54) is 6.07 Å². The summed E-state index contributed by atoms with van der Waals surface area (Å²) in [4.78, 5) is 10.9. The van der Waals surface area contributed by atoms with Gasteiger partial charge in [-0.2, -0.15) is 0 Å². The van der Waals surface area contributed by atoms with Crippen LogP contribution in [0.4, 0.5) is 10.1 Å². The van der Waals surface area contributed by atoms with Crippen molar-refractivity contribution < 1.29 is 8.81 Å². The van der Waals surface area contributed by atoms with Gasteiger partial charge in [0.2, 0.25) is 5.89 Å². The molecule has 0 saturated heterocycles. The molecule has 0 aliphatic carbocycles. The Hall–Kier alpha value is -2.40. The SMILES string of the molecule is Fc1ccc(N2CCc3oc(-c4ccccn4)nc3C2)cc1Cl. The van der Waals surface area contributed by atoms with E-state index in [2.05, 4.69) is 14.9 Å². The number of hydrogen-bond acceptors (Lipinski definition) is 4. The molecule has 0 fully saturated rings. The topological polar surface area (TPSA) is 42.2 Å². The van der Waals surface area contributed by atoms with Crippen LogP contribution in [-0.2, 0) is 13.0 Å². The second kappa shape index (κ2) is 5.66. The van der Waals surface area contributed by atoms with Gasteiger partial charge in [-0.15, -0.1) is 0 Å². The Balaban J connectivity index is 1.62. The number of anilines is 1. The van der Waals surface area contributed by atoms with Crippen molar-refractivity contribution >= 4 is 17.3 Å². The number of nitrogens with zero attached hydrogens (tertiary/aromatic N) is 3. The van der Waals surface area contributed by atoms with Gasteiger partial charge < -0.3 is 9.32 Å². The summed E-state index contributed by atoms with van der Waals surface area (Å²) in [6.07, 6.45) is 2.45.